The predicted molar refractivity (Wildman–Crippen MR) is 109 cm³/mol. The fourth-order valence-corrected chi connectivity index (χ4v) is 3.79. The molecule has 0 saturated carbocycles. The van der Waals surface area contributed by atoms with Gasteiger partial charge < -0.3 is 24.3 Å². The van der Waals surface area contributed by atoms with Crippen LogP contribution in [0.25, 0.3) is 10.2 Å². The summed E-state index contributed by atoms with van der Waals surface area (Å²) in [6.07, 6.45) is -0.532. The topological polar surface area (TPSA) is 109 Å². The summed E-state index contributed by atoms with van der Waals surface area (Å²) in [4.78, 5) is 34.0. The Morgan fingerprint density at radius 2 is 1.79 bits per heavy atom. The number of esters is 2. The highest BCUT2D eigenvalue weighted by Gasteiger charge is 2.22. The molecule has 2 aromatic heterocycles. The number of carbonyl (C=O) groups excluding carboxylic acids is 2. The molecule has 2 heterocycles. The molecule has 2 rings (SSSR count). The van der Waals surface area contributed by atoms with Crippen molar-refractivity contribution in [3.63, 3.8) is 0 Å². The number of aryl methyl sites for hydroxylation is 1. The molecule has 0 aromatic carbocycles. The lowest BCUT2D eigenvalue weighted by atomic mass is 10.2. The summed E-state index contributed by atoms with van der Waals surface area (Å²) in [6, 6.07) is 0. The van der Waals surface area contributed by atoms with E-state index in [1.54, 1.807) is 6.92 Å². The standard InChI is InChI=1S/C19H27N3O6S/c1-6-26-14(27-7-2)10-20-17-15-11(4)16(19(24)28-8-3)29-18(15)22-12(21-17)9-13(23)25-5/h14H,6-10H2,1-5H3,(H,20,21,22). The molecule has 0 bridgehead atoms. The Hall–Kier alpha value is -2.30. The van der Waals surface area contributed by atoms with E-state index in [1.165, 1.54) is 18.4 Å². The quantitative estimate of drug-likeness (QED) is 0.429. The van der Waals surface area contributed by atoms with Crippen LogP contribution in [0.15, 0.2) is 0 Å². The van der Waals surface area contributed by atoms with Gasteiger partial charge in [-0.3, -0.25) is 4.79 Å². The monoisotopic (exact) mass is 425 g/mol. The summed E-state index contributed by atoms with van der Waals surface area (Å²) in [7, 11) is 1.31. The zero-order valence-electron chi connectivity index (χ0n) is 17.4. The van der Waals surface area contributed by atoms with E-state index in [0.717, 1.165) is 5.56 Å². The number of thiophene rings is 1. The number of hydrogen-bond donors (Lipinski definition) is 1. The molecule has 10 heteroatoms. The third-order valence-electron chi connectivity index (χ3n) is 3.97. The minimum atomic E-state index is -0.456. The molecule has 1 N–H and O–H groups in total. The minimum absolute atomic E-state index is 0.0762. The minimum Gasteiger partial charge on any atom is -0.469 e. The van der Waals surface area contributed by atoms with Crippen LogP contribution in [0.5, 0.6) is 0 Å². The molecule has 2 aromatic rings. The molecule has 0 radical (unpaired) electrons. The molecule has 0 aliphatic carbocycles. The lowest BCUT2D eigenvalue weighted by molar-refractivity contribution is -0.139. The third-order valence-corrected chi connectivity index (χ3v) is 5.13. The van der Waals surface area contributed by atoms with E-state index in [1.807, 2.05) is 20.8 Å². The number of hydrogen-bond acceptors (Lipinski definition) is 10. The average Bonchev–Trinajstić information content (AvgIpc) is 3.03. The number of rotatable bonds is 11. The smallest absolute Gasteiger partial charge is 0.348 e. The van der Waals surface area contributed by atoms with Crippen LogP contribution >= 0.6 is 11.3 Å². The fourth-order valence-electron chi connectivity index (χ4n) is 2.70. The molecular formula is C19H27N3O6S. The number of aromatic nitrogens is 2. The number of carbonyl (C=O) groups is 2. The van der Waals surface area contributed by atoms with Gasteiger partial charge >= 0.3 is 11.9 Å². The van der Waals surface area contributed by atoms with E-state index in [4.69, 9.17) is 18.9 Å². The van der Waals surface area contributed by atoms with Crippen molar-refractivity contribution < 1.29 is 28.5 Å². The van der Waals surface area contributed by atoms with Crippen LogP contribution in [-0.4, -0.2) is 61.7 Å². The van der Waals surface area contributed by atoms with Crippen LogP contribution in [-0.2, 0) is 30.2 Å². The van der Waals surface area contributed by atoms with Crippen LogP contribution in [0.3, 0.4) is 0 Å². The zero-order chi connectivity index (χ0) is 21.4. The molecule has 0 unspecified atom stereocenters. The van der Waals surface area contributed by atoms with E-state index in [9.17, 15) is 9.59 Å². The van der Waals surface area contributed by atoms with E-state index in [-0.39, 0.29) is 13.0 Å². The van der Waals surface area contributed by atoms with Gasteiger partial charge in [-0.1, -0.05) is 0 Å². The van der Waals surface area contributed by atoms with Crippen molar-refractivity contribution in [3.05, 3.63) is 16.3 Å². The first-order chi connectivity index (χ1) is 13.9. The molecule has 0 aliphatic heterocycles. The van der Waals surface area contributed by atoms with Gasteiger partial charge in [-0.15, -0.1) is 11.3 Å². The van der Waals surface area contributed by atoms with E-state index in [2.05, 4.69) is 15.3 Å². The Morgan fingerprint density at radius 3 is 2.38 bits per heavy atom. The second kappa shape index (κ2) is 11.0. The van der Waals surface area contributed by atoms with Crippen LogP contribution < -0.4 is 5.32 Å². The molecule has 0 saturated heterocycles. The van der Waals surface area contributed by atoms with Crippen LogP contribution in [0.1, 0.15) is 41.8 Å². The maximum Gasteiger partial charge on any atom is 0.348 e. The highest BCUT2D eigenvalue weighted by molar-refractivity contribution is 7.20. The average molecular weight is 426 g/mol. The van der Waals surface area contributed by atoms with Crippen molar-refractivity contribution in [2.45, 2.75) is 40.4 Å². The molecule has 0 fully saturated rings. The molecule has 9 nitrogen and oxygen atoms in total. The number of fused-ring (bicyclic) bond motifs is 1. The van der Waals surface area contributed by atoms with Gasteiger partial charge in [0.1, 0.15) is 27.8 Å². The van der Waals surface area contributed by atoms with Crippen molar-refractivity contribution in [2.75, 3.05) is 38.8 Å². The first-order valence-electron chi connectivity index (χ1n) is 9.46. The van der Waals surface area contributed by atoms with Crippen molar-refractivity contribution >= 4 is 39.3 Å². The van der Waals surface area contributed by atoms with Gasteiger partial charge in [-0.2, -0.15) is 0 Å². The van der Waals surface area contributed by atoms with Gasteiger partial charge in [0.25, 0.3) is 0 Å². The molecule has 29 heavy (non-hydrogen) atoms. The molecule has 160 valence electrons. The number of nitrogens with one attached hydrogen (secondary N) is 1. The van der Waals surface area contributed by atoms with E-state index < -0.39 is 18.2 Å². The summed E-state index contributed by atoms with van der Waals surface area (Å²) in [5.74, 6) is -0.0545. The van der Waals surface area contributed by atoms with Crippen molar-refractivity contribution in [2.24, 2.45) is 0 Å². The lowest BCUT2D eigenvalue weighted by Crippen LogP contribution is -2.27. The molecule has 0 spiro atoms. The zero-order valence-corrected chi connectivity index (χ0v) is 18.2. The molecule has 0 amide bonds. The third kappa shape index (κ3) is 5.84. The SMILES string of the molecule is CCOC(=O)c1sc2nc(CC(=O)OC)nc(NCC(OCC)OCC)c2c1C. The van der Waals surface area contributed by atoms with E-state index in [0.29, 0.717) is 46.5 Å². The Bertz CT molecular complexity index is 848. The Labute approximate surface area is 173 Å². The maximum atomic E-state index is 12.3. The van der Waals surface area contributed by atoms with Crippen LogP contribution in [0, 0.1) is 6.92 Å². The molecule has 0 aliphatic rings. The fraction of sp³-hybridized carbons (Fsp3) is 0.579. The summed E-state index contributed by atoms with van der Waals surface area (Å²) >= 11 is 1.21. The first kappa shape index (κ1) is 23.0. The first-order valence-corrected chi connectivity index (χ1v) is 10.3. The summed E-state index contributed by atoms with van der Waals surface area (Å²) in [5, 5.41) is 3.92. The highest BCUT2D eigenvalue weighted by Crippen LogP contribution is 2.34. The Kier molecular flexibility index (Phi) is 8.74. The number of methoxy groups -OCH3 is 1. The Morgan fingerprint density at radius 1 is 1.10 bits per heavy atom. The second-order valence-corrected chi connectivity index (χ2v) is 6.92. The number of nitrogens with zero attached hydrogens (tertiary/aromatic N) is 2. The second-order valence-electron chi connectivity index (χ2n) is 5.92. The van der Waals surface area contributed by atoms with Crippen LogP contribution in [0.4, 0.5) is 5.82 Å². The van der Waals surface area contributed by atoms with Crippen molar-refractivity contribution in [3.8, 4) is 0 Å². The van der Waals surface area contributed by atoms with Gasteiger partial charge in [0.15, 0.2) is 6.29 Å². The van der Waals surface area contributed by atoms with Gasteiger partial charge in [0.05, 0.1) is 25.6 Å². The summed E-state index contributed by atoms with van der Waals surface area (Å²) in [6.45, 7) is 8.98. The number of ether oxygens (including phenoxy) is 4. The largest absolute Gasteiger partial charge is 0.469 e. The highest BCUT2D eigenvalue weighted by atomic mass is 32.1. The maximum absolute atomic E-state index is 12.3. The normalized spacial score (nSPS) is 11.1. The van der Waals surface area contributed by atoms with Crippen molar-refractivity contribution in [1.29, 1.82) is 0 Å². The Balaban J connectivity index is 2.45. The molecule has 0 atom stereocenters. The van der Waals surface area contributed by atoms with Gasteiger partial charge in [-0.25, -0.2) is 14.8 Å². The van der Waals surface area contributed by atoms with Gasteiger partial charge in [-0.05, 0) is 33.3 Å². The summed E-state index contributed by atoms with van der Waals surface area (Å²) in [5.41, 5.74) is 0.722. The van der Waals surface area contributed by atoms with E-state index >= 15 is 0 Å². The molecular weight excluding hydrogens is 398 g/mol. The van der Waals surface area contributed by atoms with Crippen molar-refractivity contribution in [1.82, 2.24) is 9.97 Å². The van der Waals surface area contributed by atoms with Crippen LogP contribution in [0.2, 0.25) is 0 Å². The predicted octanol–water partition coefficient (Wildman–Crippen LogP) is 2.70. The van der Waals surface area contributed by atoms with Gasteiger partial charge in [0, 0.05) is 13.2 Å². The van der Waals surface area contributed by atoms with Gasteiger partial charge in [0.2, 0.25) is 0 Å². The number of anilines is 1. The lowest BCUT2D eigenvalue weighted by Gasteiger charge is -2.18. The summed E-state index contributed by atoms with van der Waals surface area (Å²) < 4.78 is 21.0.